The van der Waals surface area contributed by atoms with Gasteiger partial charge in [0, 0.05) is 27.7 Å². The zero-order valence-electron chi connectivity index (χ0n) is 10.9. The van der Waals surface area contributed by atoms with Crippen LogP contribution in [0.3, 0.4) is 0 Å². The average molecular weight is 256 g/mol. The van der Waals surface area contributed by atoms with Gasteiger partial charge in [0.05, 0.1) is 12.9 Å². The van der Waals surface area contributed by atoms with Gasteiger partial charge in [-0.2, -0.15) is 0 Å². The lowest BCUT2D eigenvalue weighted by Gasteiger charge is -2.25. The van der Waals surface area contributed by atoms with Gasteiger partial charge in [0.25, 0.3) is 0 Å². The number of ether oxygens (including phenoxy) is 1. The molecule has 2 rings (SSSR count). The minimum atomic E-state index is -0.601. The van der Waals surface area contributed by atoms with Gasteiger partial charge >= 0.3 is 0 Å². The van der Waals surface area contributed by atoms with Crippen molar-refractivity contribution in [1.29, 1.82) is 0 Å². The Kier molecular flexibility index (Phi) is 4.66. The predicted molar refractivity (Wildman–Crippen MR) is 72.3 cm³/mol. The fraction of sp³-hybridized carbons (Fsp3) is 0.857. The molecule has 0 spiro atoms. The van der Waals surface area contributed by atoms with Gasteiger partial charge in [-0.15, -0.1) is 0 Å². The SMILES string of the molecule is CCC1(COC=C2CCCCC2)CCS(=O)C1. The second-order valence-electron chi connectivity index (χ2n) is 5.54. The lowest BCUT2D eigenvalue weighted by atomic mass is 9.86. The summed E-state index contributed by atoms with van der Waals surface area (Å²) in [6.45, 7) is 2.96. The molecule has 0 aromatic rings. The molecule has 3 heteroatoms. The summed E-state index contributed by atoms with van der Waals surface area (Å²) in [4.78, 5) is 0. The molecule has 0 amide bonds. The Morgan fingerprint density at radius 1 is 1.35 bits per heavy atom. The molecule has 2 aliphatic rings. The third-order valence-electron chi connectivity index (χ3n) is 4.21. The molecule has 1 aliphatic heterocycles. The number of allylic oxidation sites excluding steroid dienone is 1. The van der Waals surface area contributed by atoms with Crippen LogP contribution in [0.5, 0.6) is 0 Å². The van der Waals surface area contributed by atoms with Crippen LogP contribution >= 0.6 is 0 Å². The topological polar surface area (TPSA) is 26.3 Å². The van der Waals surface area contributed by atoms with E-state index in [0.29, 0.717) is 0 Å². The maximum atomic E-state index is 11.5. The quantitative estimate of drug-likeness (QED) is 0.721. The molecule has 2 unspecified atom stereocenters. The summed E-state index contributed by atoms with van der Waals surface area (Å²) in [6.07, 6.45) is 10.6. The molecule has 0 N–H and O–H groups in total. The molecule has 0 radical (unpaired) electrons. The van der Waals surface area contributed by atoms with Gasteiger partial charge in [-0.05, 0) is 44.1 Å². The average Bonchev–Trinajstić information content (AvgIpc) is 2.73. The van der Waals surface area contributed by atoms with Crippen molar-refractivity contribution >= 4 is 10.8 Å². The highest BCUT2D eigenvalue weighted by molar-refractivity contribution is 7.85. The highest BCUT2D eigenvalue weighted by Gasteiger charge is 2.36. The first-order valence-electron chi connectivity index (χ1n) is 6.89. The summed E-state index contributed by atoms with van der Waals surface area (Å²) >= 11 is 0. The first kappa shape index (κ1) is 13.1. The lowest BCUT2D eigenvalue weighted by molar-refractivity contribution is 0.122. The summed E-state index contributed by atoms with van der Waals surface area (Å²) in [5.74, 6) is 1.71. The largest absolute Gasteiger partial charge is 0.501 e. The van der Waals surface area contributed by atoms with Crippen LogP contribution in [0.4, 0.5) is 0 Å². The van der Waals surface area contributed by atoms with E-state index < -0.39 is 10.8 Å². The molecule has 1 saturated carbocycles. The van der Waals surface area contributed by atoms with Crippen molar-refractivity contribution in [3.8, 4) is 0 Å². The van der Waals surface area contributed by atoms with Crippen LogP contribution in [-0.2, 0) is 15.5 Å². The van der Waals surface area contributed by atoms with Crippen molar-refractivity contribution < 1.29 is 8.95 Å². The van der Waals surface area contributed by atoms with Gasteiger partial charge in [-0.3, -0.25) is 4.21 Å². The maximum Gasteiger partial charge on any atom is 0.0938 e. The van der Waals surface area contributed by atoms with Crippen molar-refractivity contribution in [1.82, 2.24) is 0 Å². The molecular formula is C14H24O2S. The molecule has 1 saturated heterocycles. The Labute approximate surface area is 107 Å². The summed E-state index contributed by atoms with van der Waals surface area (Å²) in [7, 11) is -0.601. The number of rotatable bonds is 4. The van der Waals surface area contributed by atoms with Crippen LogP contribution in [0.25, 0.3) is 0 Å². The molecule has 17 heavy (non-hydrogen) atoms. The summed E-state index contributed by atoms with van der Waals surface area (Å²) in [5.41, 5.74) is 1.66. The molecule has 1 heterocycles. The normalized spacial score (nSPS) is 33.7. The predicted octanol–water partition coefficient (Wildman–Crippen LogP) is 3.40. The Morgan fingerprint density at radius 3 is 2.71 bits per heavy atom. The Hall–Kier alpha value is -0.310. The monoisotopic (exact) mass is 256 g/mol. The van der Waals surface area contributed by atoms with Gasteiger partial charge < -0.3 is 4.74 Å². The van der Waals surface area contributed by atoms with E-state index in [1.54, 1.807) is 0 Å². The molecular weight excluding hydrogens is 232 g/mol. The maximum absolute atomic E-state index is 11.5. The highest BCUT2D eigenvalue weighted by Crippen LogP contribution is 2.34. The van der Waals surface area contributed by atoms with Crippen LogP contribution in [0.15, 0.2) is 11.8 Å². The first-order chi connectivity index (χ1) is 8.24. The van der Waals surface area contributed by atoms with E-state index in [-0.39, 0.29) is 5.41 Å². The Morgan fingerprint density at radius 2 is 2.12 bits per heavy atom. The summed E-state index contributed by atoms with van der Waals surface area (Å²) < 4.78 is 17.3. The van der Waals surface area contributed by atoms with Gasteiger partial charge in [-0.25, -0.2) is 0 Å². The fourth-order valence-electron chi connectivity index (χ4n) is 2.77. The molecule has 2 atom stereocenters. The highest BCUT2D eigenvalue weighted by atomic mass is 32.2. The van der Waals surface area contributed by atoms with E-state index in [0.717, 1.165) is 31.0 Å². The third kappa shape index (κ3) is 3.57. The van der Waals surface area contributed by atoms with Crippen molar-refractivity contribution in [3.05, 3.63) is 11.8 Å². The molecule has 2 fully saturated rings. The van der Waals surface area contributed by atoms with Crippen molar-refractivity contribution in [2.45, 2.75) is 51.9 Å². The summed E-state index contributed by atoms with van der Waals surface area (Å²) in [6, 6.07) is 0. The Bertz CT molecular complexity index is 303. The second kappa shape index (κ2) is 6.03. The van der Waals surface area contributed by atoms with Crippen LogP contribution in [0, 0.1) is 5.41 Å². The lowest BCUT2D eigenvalue weighted by Crippen LogP contribution is -2.26. The van der Waals surface area contributed by atoms with Crippen LogP contribution in [0.2, 0.25) is 0 Å². The minimum Gasteiger partial charge on any atom is -0.501 e. The zero-order chi connectivity index (χ0) is 12.1. The van der Waals surface area contributed by atoms with E-state index in [1.807, 2.05) is 6.26 Å². The first-order valence-corrected chi connectivity index (χ1v) is 8.37. The second-order valence-corrected chi connectivity index (χ2v) is 7.12. The molecule has 1 aliphatic carbocycles. The van der Waals surface area contributed by atoms with Gasteiger partial charge in [-0.1, -0.05) is 13.3 Å². The van der Waals surface area contributed by atoms with Gasteiger partial charge in [0.15, 0.2) is 0 Å². The Balaban J connectivity index is 1.82. The smallest absolute Gasteiger partial charge is 0.0938 e. The van der Waals surface area contributed by atoms with Crippen LogP contribution in [0.1, 0.15) is 51.9 Å². The molecule has 0 aromatic carbocycles. The molecule has 98 valence electrons. The summed E-state index contributed by atoms with van der Waals surface area (Å²) in [5, 5.41) is 0. The van der Waals surface area contributed by atoms with Gasteiger partial charge in [0.2, 0.25) is 0 Å². The van der Waals surface area contributed by atoms with E-state index in [9.17, 15) is 4.21 Å². The third-order valence-corrected chi connectivity index (χ3v) is 5.81. The van der Waals surface area contributed by atoms with Crippen LogP contribution in [-0.4, -0.2) is 22.3 Å². The molecule has 0 aromatic heterocycles. The minimum absolute atomic E-state index is 0.191. The number of hydrogen-bond acceptors (Lipinski definition) is 2. The number of hydrogen-bond donors (Lipinski definition) is 0. The zero-order valence-corrected chi connectivity index (χ0v) is 11.7. The van der Waals surface area contributed by atoms with Crippen molar-refractivity contribution in [2.24, 2.45) is 5.41 Å². The van der Waals surface area contributed by atoms with Crippen molar-refractivity contribution in [3.63, 3.8) is 0 Å². The standard InChI is InChI=1S/C14H24O2S/c1-2-14(8-9-17(15)12-14)11-16-10-13-6-4-3-5-7-13/h10H,2-9,11-12H2,1H3. The van der Waals surface area contributed by atoms with E-state index in [4.69, 9.17) is 4.74 Å². The van der Waals surface area contributed by atoms with E-state index in [1.165, 1.54) is 37.7 Å². The fourth-order valence-corrected chi connectivity index (χ4v) is 4.69. The molecule has 2 nitrogen and oxygen atoms in total. The van der Waals surface area contributed by atoms with Crippen molar-refractivity contribution in [2.75, 3.05) is 18.1 Å². The molecule has 0 bridgehead atoms. The van der Waals surface area contributed by atoms with E-state index >= 15 is 0 Å². The van der Waals surface area contributed by atoms with E-state index in [2.05, 4.69) is 6.92 Å². The van der Waals surface area contributed by atoms with Crippen LogP contribution < -0.4 is 0 Å². The van der Waals surface area contributed by atoms with Gasteiger partial charge in [0.1, 0.15) is 0 Å².